The van der Waals surface area contributed by atoms with Gasteiger partial charge in [0.15, 0.2) is 6.17 Å². The van der Waals surface area contributed by atoms with Crippen LogP contribution in [0.5, 0.6) is 0 Å². The van der Waals surface area contributed by atoms with Crippen LogP contribution in [0.4, 0.5) is 5.69 Å². The minimum atomic E-state index is 0.192. The van der Waals surface area contributed by atoms with E-state index in [1.165, 1.54) is 16.8 Å². The average molecular weight is 371 g/mol. The van der Waals surface area contributed by atoms with E-state index in [1.807, 2.05) is 0 Å². The van der Waals surface area contributed by atoms with Crippen LogP contribution in [-0.2, 0) is 5.41 Å². The van der Waals surface area contributed by atoms with E-state index in [9.17, 15) is 0 Å². The van der Waals surface area contributed by atoms with Crippen LogP contribution in [0.2, 0.25) is 0 Å². The lowest BCUT2D eigenvalue weighted by molar-refractivity contribution is -0.692. The minimum absolute atomic E-state index is 0.192. The Morgan fingerprint density at radius 3 is 2.37 bits per heavy atom. The topological polar surface area (TPSA) is 3.24 Å². The van der Waals surface area contributed by atoms with Crippen LogP contribution >= 0.6 is 22.9 Å². The van der Waals surface area contributed by atoms with E-state index in [2.05, 4.69) is 100 Å². The first-order chi connectivity index (χ1) is 8.63. The third kappa shape index (κ3) is 2.82. The van der Waals surface area contributed by atoms with Crippen LogP contribution < -0.4 is 4.90 Å². The molecule has 0 spiro atoms. The van der Waals surface area contributed by atoms with Gasteiger partial charge >= 0.3 is 0 Å². The first kappa shape index (κ1) is 14.9. The molecule has 0 fully saturated rings. The Morgan fingerprint density at radius 1 is 1.26 bits per heavy atom. The zero-order valence-corrected chi connectivity index (χ0v) is 14.9. The Balaban J connectivity index is 2.44. The van der Waals surface area contributed by atoms with E-state index in [-0.39, 0.29) is 5.41 Å². The Morgan fingerprint density at radius 2 is 1.89 bits per heavy atom. The highest BCUT2D eigenvalue weighted by Gasteiger charge is 2.36. The standard InChI is InChI=1S/C16H24IN2/c1-12-7-8-14(16(3,4)5)11-15(12)18-9-10-19(6,17)13(18)2/h7-11,13H,1-6H3/q+1/t13-,19?/m1/s1. The Hall–Kier alpha value is -0.550. The molecule has 104 valence electrons. The van der Waals surface area contributed by atoms with Gasteiger partial charge in [0, 0.05) is 12.6 Å². The van der Waals surface area contributed by atoms with Crippen molar-refractivity contribution in [2.45, 2.75) is 46.2 Å². The second-order valence-electron chi connectivity index (χ2n) is 6.62. The maximum Gasteiger partial charge on any atom is 0.255 e. The van der Waals surface area contributed by atoms with Gasteiger partial charge in [-0.25, -0.2) is 2.70 Å². The fourth-order valence-corrected chi connectivity index (χ4v) is 2.74. The highest BCUT2D eigenvalue weighted by molar-refractivity contribution is 14.1. The van der Waals surface area contributed by atoms with Crippen LogP contribution in [-0.4, -0.2) is 15.9 Å². The molecule has 1 aliphatic heterocycles. The third-order valence-electron chi connectivity index (χ3n) is 4.01. The van der Waals surface area contributed by atoms with Crippen LogP contribution in [0.15, 0.2) is 30.6 Å². The molecular weight excluding hydrogens is 347 g/mol. The third-order valence-corrected chi connectivity index (χ3v) is 5.13. The molecule has 2 atom stereocenters. The molecule has 1 aliphatic rings. The normalized spacial score (nSPS) is 27.1. The molecule has 0 radical (unpaired) electrons. The number of aryl methyl sites for hydroxylation is 1. The fraction of sp³-hybridized carbons (Fsp3) is 0.500. The molecule has 0 saturated carbocycles. The van der Waals surface area contributed by atoms with Crippen LogP contribution in [0, 0.1) is 6.92 Å². The summed E-state index contributed by atoms with van der Waals surface area (Å²) < 4.78 is 0.872. The van der Waals surface area contributed by atoms with Crippen molar-refractivity contribution in [3.63, 3.8) is 0 Å². The zero-order valence-electron chi connectivity index (χ0n) is 12.7. The lowest BCUT2D eigenvalue weighted by Gasteiger charge is -2.31. The lowest BCUT2D eigenvalue weighted by atomic mass is 9.86. The molecule has 0 amide bonds. The first-order valence-electron chi connectivity index (χ1n) is 6.77. The molecule has 2 nitrogen and oxygen atoms in total. The summed E-state index contributed by atoms with van der Waals surface area (Å²) in [4.78, 5) is 2.39. The Kier molecular flexibility index (Phi) is 3.73. The van der Waals surface area contributed by atoms with E-state index in [4.69, 9.17) is 0 Å². The molecule has 0 saturated heterocycles. The summed E-state index contributed by atoms with van der Waals surface area (Å²) in [5, 5.41) is 0. The van der Waals surface area contributed by atoms with E-state index >= 15 is 0 Å². The zero-order chi connectivity index (χ0) is 14.4. The van der Waals surface area contributed by atoms with Crippen LogP contribution in [0.3, 0.4) is 0 Å². The van der Waals surface area contributed by atoms with E-state index in [0.717, 1.165) is 2.70 Å². The summed E-state index contributed by atoms with van der Waals surface area (Å²) in [5.74, 6) is 0. The summed E-state index contributed by atoms with van der Waals surface area (Å²) in [7, 11) is 2.23. The van der Waals surface area contributed by atoms with Crippen molar-refractivity contribution in [2.24, 2.45) is 0 Å². The first-order valence-corrected chi connectivity index (χ1v) is 7.74. The Labute approximate surface area is 131 Å². The van der Waals surface area contributed by atoms with Gasteiger partial charge in [-0.15, -0.1) is 0 Å². The van der Waals surface area contributed by atoms with Gasteiger partial charge < -0.3 is 0 Å². The van der Waals surface area contributed by atoms with Gasteiger partial charge in [0.05, 0.1) is 13.2 Å². The number of quaternary nitrogens is 1. The molecule has 0 N–H and O–H groups in total. The number of halogens is 1. The van der Waals surface area contributed by atoms with E-state index in [1.54, 1.807) is 0 Å². The average Bonchev–Trinajstić information content (AvgIpc) is 2.54. The molecule has 1 heterocycles. The predicted octanol–water partition coefficient (Wildman–Crippen LogP) is 4.73. The molecule has 3 heteroatoms. The van der Waals surface area contributed by atoms with E-state index in [0.29, 0.717) is 6.17 Å². The number of anilines is 1. The van der Waals surface area contributed by atoms with Crippen molar-refractivity contribution >= 4 is 28.6 Å². The maximum atomic E-state index is 2.48. The van der Waals surface area contributed by atoms with Gasteiger partial charge in [-0.3, -0.25) is 4.90 Å². The number of hydrogen-bond donors (Lipinski definition) is 0. The second kappa shape index (κ2) is 4.77. The Bertz CT molecular complexity index is 512. The fourth-order valence-electron chi connectivity index (χ4n) is 2.33. The number of hydrogen-bond acceptors (Lipinski definition) is 1. The molecule has 19 heavy (non-hydrogen) atoms. The highest BCUT2D eigenvalue weighted by atomic mass is 127. The molecule has 1 unspecified atom stereocenters. The van der Waals surface area contributed by atoms with Crippen molar-refractivity contribution in [1.29, 1.82) is 0 Å². The molecule has 2 rings (SSSR count). The molecule has 1 aromatic rings. The number of nitrogens with zero attached hydrogens (tertiary/aromatic N) is 2. The predicted molar refractivity (Wildman–Crippen MR) is 91.2 cm³/mol. The minimum Gasteiger partial charge on any atom is -0.292 e. The number of benzene rings is 1. The summed E-state index contributed by atoms with van der Waals surface area (Å²) in [6.07, 6.45) is 4.88. The molecule has 1 aromatic carbocycles. The monoisotopic (exact) mass is 371 g/mol. The van der Waals surface area contributed by atoms with Crippen LogP contribution in [0.1, 0.15) is 38.8 Å². The largest absolute Gasteiger partial charge is 0.292 e. The summed E-state index contributed by atoms with van der Waals surface area (Å²) in [6, 6.07) is 6.84. The van der Waals surface area contributed by atoms with Gasteiger partial charge in [0.25, 0.3) is 22.9 Å². The second-order valence-corrected chi connectivity index (χ2v) is 8.70. The number of rotatable bonds is 1. The summed E-state index contributed by atoms with van der Waals surface area (Å²) in [5.41, 5.74) is 4.25. The van der Waals surface area contributed by atoms with Crippen molar-refractivity contribution in [2.75, 3.05) is 11.9 Å². The summed E-state index contributed by atoms with van der Waals surface area (Å²) in [6.45, 7) is 11.3. The van der Waals surface area contributed by atoms with Gasteiger partial charge in [-0.05, 0) is 29.5 Å². The highest BCUT2D eigenvalue weighted by Crippen LogP contribution is 2.36. The van der Waals surface area contributed by atoms with Crippen LogP contribution in [0.25, 0.3) is 0 Å². The van der Waals surface area contributed by atoms with Gasteiger partial charge in [-0.1, -0.05) is 32.9 Å². The van der Waals surface area contributed by atoms with Gasteiger partial charge in [0.2, 0.25) is 0 Å². The van der Waals surface area contributed by atoms with Crippen molar-refractivity contribution < 1.29 is 2.70 Å². The summed E-state index contributed by atoms with van der Waals surface area (Å²) >= 11 is 2.48. The smallest absolute Gasteiger partial charge is 0.255 e. The van der Waals surface area contributed by atoms with E-state index < -0.39 is 0 Å². The quantitative estimate of drug-likeness (QED) is 0.510. The SMILES string of the molecule is Cc1ccc(C(C)(C)C)cc1N1C=C[N+](C)(I)[C@@H]1C. The van der Waals surface area contributed by atoms with Gasteiger partial charge in [0.1, 0.15) is 6.20 Å². The molecule has 0 aliphatic carbocycles. The molecular formula is C16H24IN2+. The van der Waals surface area contributed by atoms with Crippen molar-refractivity contribution in [3.8, 4) is 0 Å². The molecule has 0 aromatic heterocycles. The maximum absolute atomic E-state index is 2.48. The van der Waals surface area contributed by atoms with Gasteiger partial charge in [-0.2, -0.15) is 0 Å². The molecule has 0 bridgehead atoms. The van der Waals surface area contributed by atoms with Crippen molar-refractivity contribution in [3.05, 3.63) is 41.7 Å². The van der Waals surface area contributed by atoms with Crippen molar-refractivity contribution in [1.82, 2.24) is 0 Å². The lowest BCUT2D eigenvalue weighted by Crippen LogP contribution is -2.41.